The lowest BCUT2D eigenvalue weighted by Gasteiger charge is -2.30. The highest BCUT2D eigenvalue weighted by Crippen LogP contribution is 2.27. The monoisotopic (exact) mass is 485 g/mol. The summed E-state index contributed by atoms with van der Waals surface area (Å²) >= 11 is 0. The fraction of sp³-hybridized carbons (Fsp3) is 0.222. The topological polar surface area (TPSA) is 117 Å². The fourth-order valence-electron chi connectivity index (χ4n) is 4.05. The third-order valence-electron chi connectivity index (χ3n) is 5.91. The summed E-state index contributed by atoms with van der Waals surface area (Å²) in [5, 5.41) is 16.5. The number of piperidine rings is 1. The fourth-order valence-corrected chi connectivity index (χ4v) is 4.05. The first kappa shape index (κ1) is 24.6. The summed E-state index contributed by atoms with van der Waals surface area (Å²) in [6.07, 6.45) is 9.63. The standard InChI is InChI=1S/C27H27N5O4/c33-26(13-8-20-6-10-23(11-7-20)32(35)36)30-22-9-12-25(31-15-2-1-3-16-31)24(17-22)27(34)29-19-21-5-4-14-28-18-21/h4-14,17-18H,1-3,15-16,19H2,(H,29,34)(H,30,33). The molecule has 4 rings (SSSR count). The maximum Gasteiger partial charge on any atom is 0.269 e. The SMILES string of the molecule is O=C(C=Cc1ccc([N+](=O)[O-])cc1)Nc1ccc(N2CCCCC2)c(C(=O)NCc2cccnc2)c1. The molecular weight excluding hydrogens is 458 g/mol. The van der Waals surface area contributed by atoms with Gasteiger partial charge in [0.1, 0.15) is 0 Å². The minimum Gasteiger partial charge on any atom is -0.371 e. The summed E-state index contributed by atoms with van der Waals surface area (Å²) < 4.78 is 0. The van der Waals surface area contributed by atoms with Crippen LogP contribution in [-0.2, 0) is 11.3 Å². The maximum atomic E-state index is 13.2. The summed E-state index contributed by atoms with van der Waals surface area (Å²) in [6, 6.07) is 15.0. The van der Waals surface area contributed by atoms with Gasteiger partial charge in [-0.25, -0.2) is 0 Å². The molecule has 1 saturated heterocycles. The van der Waals surface area contributed by atoms with Crippen molar-refractivity contribution in [1.82, 2.24) is 10.3 Å². The molecule has 9 nitrogen and oxygen atoms in total. The van der Waals surface area contributed by atoms with Crippen molar-refractivity contribution in [2.24, 2.45) is 0 Å². The molecule has 0 aliphatic carbocycles. The van der Waals surface area contributed by atoms with E-state index in [2.05, 4.69) is 20.5 Å². The highest BCUT2D eigenvalue weighted by molar-refractivity contribution is 6.05. The van der Waals surface area contributed by atoms with Crippen LogP contribution in [0.2, 0.25) is 0 Å². The molecule has 9 heteroatoms. The maximum absolute atomic E-state index is 13.2. The largest absolute Gasteiger partial charge is 0.371 e. The summed E-state index contributed by atoms with van der Waals surface area (Å²) in [5.41, 5.74) is 3.38. The number of amides is 2. The summed E-state index contributed by atoms with van der Waals surface area (Å²) in [4.78, 5) is 42.3. The van der Waals surface area contributed by atoms with Crippen molar-refractivity contribution in [3.05, 3.63) is 99.9 Å². The molecule has 0 spiro atoms. The van der Waals surface area contributed by atoms with Crippen molar-refractivity contribution in [3.63, 3.8) is 0 Å². The molecule has 0 radical (unpaired) electrons. The average molecular weight is 486 g/mol. The van der Waals surface area contributed by atoms with Gasteiger partial charge in [-0.2, -0.15) is 0 Å². The van der Waals surface area contributed by atoms with Gasteiger partial charge in [0, 0.05) is 61.6 Å². The van der Waals surface area contributed by atoms with Crippen molar-refractivity contribution in [1.29, 1.82) is 0 Å². The zero-order valence-corrected chi connectivity index (χ0v) is 19.7. The molecule has 2 N–H and O–H groups in total. The lowest BCUT2D eigenvalue weighted by atomic mass is 10.1. The molecule has 184 valence electrons. The highest BCUT2D eigenvalue weighted by Gasteiger charge is 2.19. The number of aromatic nitrogens is 1. The predicted octanol–water partition coefficient (Wildman–Crippen LogP) is 4.56. The lowest BCUT2D eigenvalue weighted by Crippen LogP contribution is -2.32. The molecule has 36 heavy (non-hydrogen) atoms. The Morgan fingerprint density at radius 3 is 2.53 bits per heavy atom. The van der Waals surface area contributed by atoms with E-state index in [-0.39, 0.29) is 17.5 Å². The van der Waals surface area contributed by atoms with Gasteiger partial charge in [0.25, 0.3) is 11.6 Å². The molecule has 0 saturated carbocycles. The van der Waals surface area contributed by atoms with Crippen LogP contribution in [-0.4, -0.2) is 34.8 Å². The van der Waals surface area contributed by atoms with Crippen LogP contribution in [0.15, 0.2) is 73.1 Å². The first-order valence-corrected chi connectivity index (χ1v) is 11.8. The molecule has 3 aromatic rings. The number of rotatable bonds is 8. The van der Waals surface area contributed by atoms with Gasteiger partial charge < -0.3 is 15.5 Å². The van der Waals surface area contributed by atoms with Crippen LogP contribution in [0.3, 0.4) is 0 Å². The van der Waals surface area contributed by atoms with E-state index < -0.39 is 4.92 Å². The molecule has 1 aromatic heterocycles. The van der Waals surface area contributed by atoms with Gasteiger partial charge >= 0.3 is 0 Å². The number of hydrogen-bond donors (Lipinski definition) is 2. The van der Waals surface area contributed by atoms with Gasteiger partial charge in [-0.05, 0) is 72.9 Å². The van der Waals surface area contributed by atoms with Gasteiger partial charge in [-0.1, -0.05) is 6.07 Å². The number of carbonyl (C=O) groups is 2. The highest BCUT2D eigenvalue weighted by atomic mass is 16.6. The van der Waals surface area contributed by atoms with Crippen LogP contribution in [0.5, 0.6) is 0 Å². The molecule has 2 amide bonds. The van der Waals surface area contributed by atoms with Gasteiger partial charge in [-0.15, -0.1) is 0 Å². The van der Waals surface area contributed by atoms with Gasteiger partial charge in [0.15, 0.2) is 0 Å². The van der Waals surface area contributed by atoms with Crippen LogP contribution >= 0.6 is 0 Å². The summed E-state index contributed by atoms with van der Waals surface area (Å²) in [6.45, 7) is 2.11. The number of benzene rings is 2. The number of carbonyl (C=O) groups excluding carboxylic acids is 2. The van der Waals surface area contributed by atoms with Crippen LogP contribution in [0.4, 0.5) is 17.1 Å². The quantitative estimate of drug-likeness (QED) is 0.274. The number of nitro benzene ring substituents is 1. The van der Waals surface area contributed by atoms with Gasteiger partial charge in [0.2, 0.25) is 5.91 Å². The molecule has 2 heterocycles. The second-order valence-electron chi connectivity index (χ2n) is 8.49. The third-order valence-corrected chi connectivity index (χ3v) is 5.91. The number of nitrogens with one attached hydrogen (secondary N) is 2. The Bertz CT molecular complexity index is 1250. The van der Waals surface area contributed by atoms with E-state index in [1.54, 1.807) is 42.7 Å². The van der Waals surface area contributed by atoms with E-state index in [1.165, 1.54) is 24.6 Å². The predicted molar refractivity (Wildman–Crippen MR) is 139 cm³/mol. The van der Waals surface area contributed by atoms with E-state index in [9.17, 15) is 19.7 Å². The molecule has 2 aromatic carbocycles. The normalized spacial score (nSPS) is 13.4. The van der Waals surface area contributed by atoms with Crippen LogP contribution in [0, 0.1) is 10.1 Å². The first-order chi connectivity index (χ1) is 17.5. The lowest BCUT2D eigenvalue weighted by molar-refractivity contribution is -0.384. The van der Waals surface area contributed by atoms with Gasteiger partial charge in [0.05, 0.1) is 10.5 Å². The van der Waals surface area contributed by atoms with E-state index >= 15 is 0 Å². The average Bonchev–Trinajstić information content (AvgIpc) is 2.92. The Labute approximate surface area is 209 Å². The van der Waals surface area contributed by atoms with E-state index in [0.29, 0.717) is 23.4 Å². The second-order valence-corrected chi connectivity index (χ2v) is 8.49. The molecule has 0 bridgehead atoms. The first-order valence-electron chi connectivity index (χ1n) is 11.8. The van der Waals surface area contributed by atoms with Crippen LogP contribution < -0.4 is 15.5 Å². The van der Waals surface area contributed by atoms with Crippen molar-refractivity contribution >= 4 is 35.0 Å². The number of pyridine rings is 1. The third kappa shape index (κ3) is 6.53. The Kier molecular flexibility index (Phi) is 8.02. The zero-order chi connectivity index (χ0) is 25.3. The Morgan fingerprint density at radius 1 is 1.06 bits per heavy atom. The molecule has 1 fully saturated rings. The van der Waals surface area contributed by atoms with E-state index in [1.807, 2.05) is 18.2 Å². The number of anilines is 2. The Morgan fingerprint density at radius 2 is 1.83 bits per heavy atom. The number of non-ortho nitro benzene ring substituents is 1. The van der Waals surface area contributed by atoms with Crippen molar-refractivity contribution in [2.75, 3.05) is 23.3 Å². The number of hydrogen-bond acceptors (Lipinski definition) is 6. The number of nitro groups is 1. The van der Waals surface area contributed by atoms with Crippen molar-refractivity contribution in [2.45, 2.75) is 25.8 Å². The zero-order valence-electron chi connectivity index (χ0n) is 19.7. The van der Waals surface area contributed by atoms with E-state index in [4.69, 9.17) is 0 Å². The minimum atomic E-state index is -0.474. The molecular formula is C27H27N5O4. The van der Waals surface area contributed by atoms with Crippen LogP contribution in [0.1, 0.15) is 40.7 Å². The second kappa shape index (κ2) is 11.7. The molecule has 1 aliphatic heterocycles. The number of nitrogens with zero attached hydrogens (tertiary/aromatic N) is 3. The molecule has 0 atom stereocenters. The summed E-state index contributed by atoms with van der Waals surface area (Å²) in [7, 11) is 0. The summed E-state index contributed by atoms with van der Waals surface area (Å²) in [5.74, 6) is -0.599. The van der Waals surface area contributed by atoms with Gasteiger partial charge in [-0.3, -0.25) is 24.7 Å². The smallest absolute Gasteiger partial charge is 0.269 e. The molecule has 1 aliphatic rings. The molecule has 0 unspecified atom stereocenters. The Hall–Kier alpha value is -4.53. The van der Waals surface area contributed by atoms with Crippen molar-refractivity contribution in [3.8, 4) is 0 Å². The van der Waals surface area contributed by atoms with E-state index in [0.717, 1.165) is 37.2 Å². The Balaban J connectivity index is 1.49. The minimum absolute atomic E-state index is 0.0141. The van der Waals surface area contributed by atoms with Crippen LogP contribution in [0.25, 0.3) is 6.08 Å². The van der Waals surface area contributed by atoms with Crippen molar-refractivity contribution < 1.29 is 14.5 Å².